The Kier molecular flexibility index (Phi) is 7.46. The zero-order valence-corrected chi connectivity index (χ0v) is 17.9. The third-order valence-corrected chi connectivity index (χ3v) is 5.47. The van der Waals surface area contributed by atoms with E-state index in [2.05, 4.69) is 5.32 Å². The molecule has 1 saturated heterocycles. The number of nitrogens with zero attached hydrogens (tertiary/aromatic N) is 2. The van der Waals surface area contributed by atoms with Gasteiger partial charge in [0.05, 0.1) is 28.4 Å². The van der Waals surface area contributed by atoms with Gasteiger partial charge in [0.25, 0.3) is 5.91 Å². The van der Waals surface area contributed by atoms with E-state index < -0.39 is 17.6 Å². The first kappa shape index (κ1) is 23.4. The average molecular weight is 474 g/mol. The summed E-state index contributed by atoms with van der Waals surface area (Å²) in [6.07, 6.45) is -4.02. The molecule has 1 fully saturated rings. The average Bonchev–Trinajstić information content (AvgIpc) is 2.94. The molecule has 2 aromatic rings. The Labute approximate surface area is 187 Å². The Morgan fingerprint density at radius 2 is 1.74 bits per heavy atom. The summed E-state index contributed by atoms with van der Waals surface area (Å²) in [5.41, 5.74) is -0.925. The number of hydrogen-bond donors (Lipinski definition) is 1. The molecule has 0 radical (unpaired) electrons. The number of amides is 2. The molecule has 0 aliphatic carbocycles. The number of nitrogens with one attached hydrogen (secondary N) is 1. The SMILES string of the molecule is O=C(CN1CCCN(C(=O)c2ccccc2Cl)CC1)Nc1ccc(Cl)cc1C(F)(F)F. The molecule has 10 heteroatoms. The molecule has 31 heavy (non-hydrogen) atoms. The normalized spacial score (nSPS) is 15.5. The smallest absolute Gasteiger partial charge is 0.337 e. The molecule has 1 heterocycles. The zero-order valence-electron chi connectivity index (χ0n) is 16.4. The van der Waals surface area contributed by atoms with Crippen molar-refractivity contribution in [1.29, 1.82) is 0 Å². The highest BCUT2D eigenvalue weighted by atomic mass is 35.5. The molecule has 2 amide bonds. The van der Waals surface area contributed by atoms with Crippen molar-refractivity contribution < 1.29 is 22.8 Å². The lowest BCUT2D eigenvalue weighted by Crippen LogP contribution is -2.38. The second kappa shape index (κ2) is 9.89. The van der Waals surface area contributed by atoms with Crippen LogP contribution in [-0.4, -0.2) is 54.3 Å². The molecule has 0 saturated carbocycles. The fraction of sp³-hybridized carbons (Fsp3) is 0.333. The number of benzene rings is 2. The summed E-state index contributed by atoms with van der Waals surface area (Å²) in [6.45, 7) is 1.74. The van der Waals surface area contributed by atoms with Crippen LogP contribution in [-0.2, 0) is 11.0 Å². The lowest BCUT2D eigenvalue weighted by molar-refractivity contribution is -0.137. The van der Waals surface area contributed by atoms with Crippen molar-refractivity contribution in [3.05, 3.63) is 63.6 Å². The molecule has 1 aliphatic heterocycles. The van der Waals surface area contributed by atoms with Gasteiger partial charge in [0.2, 0.25) is 5.91 Å². The van der Waals surface area contributed by atoms with Gasteiger partial charge >= 0.3 is 6.18 Å². The molecule has 0 bridgehead atoms. The Morgan fingerprint density at radius 3 is 2.45 bits per heavy atom. The predicted octanol–water partition coefficient (Wildman–Crippen LogP) is 4.80. The first-order valence-corrected chi connectivity index (χ1v) is 10.3. The number of anilines is 1. The first-order chi connectivity index (χ1) is 14.6. The van der Waals surface area contributed by atoms with E-state index >= 15 is 0 Å². The van der Waals surface area contributed by atoms with Crippen molar-refractivity contribution >= 4 is 40.7 Å². The summed E-state index contributed by atoms with van der Waals surface area (Å²) in [4.78, 5) is 28.6. The molecule has 166 valence electrons. The van der Waals surface area contributed by atoms with Crippen LogP contribution in [0.25, 0.3) is 0 Å². The maximum atomic E-state index is 13.2. The number of hydrogen-bond acceptors (Lipinski definition) is 3. The van der Waals surface area contributed by atoms with Crippen LogP contribution in [0.4, 0.5) is 18.9 Å². The van der Waals surface area contributed by atoms with Gasteiger partial charge in [-0.25, -0.2) is 0 Å². The van der Waals surface area contributed by atoms with E-state index in [1.54, 1.807) is 34.1 Å². The third-order valence-electron chi connectivity index (χ3n) is 4.91. The number of carbonyl (C=O) groups excluding carboxylic acids is 2. The van der Waals surface area contributed by atoms with Gasteiger partial charge in [0.1, 0.15) is 0 Å². The summed E-state index contributed by atoms with van der Waals surface area (Å²) < 4.78 is 39.6. The van der Waals surface area contributed by atoms with Crippen molar-refractivity contribution in [3.8, 4) is 0 Å². The van der Waals surface area contributed by atoms with Gasteiger partial charge < -0.3 is 10.2 Å². The summed E-state index contributed by atoms with van der Waals surface area (Å²) in [6, 6.07) is 9.99. The van der Waals surface area contributed by atoms with Crippen LogP contribution in [0.1, 0.15) is 22.3 Å². The number of alkyl halides is 3. The Hall–Kier alpha value is -2.29. The lowest BCUT2D eigenvalue weighted by atomic mass is 10.1. The van der Waals surface area contributed by atoms with Gasteiger partial charge in [-0.3, -0.25) is 14.5 Å². The molecule has 1 N–H and O–H groups in total. The van der Waals surface area contributed by atoms with E-state index in [1.807, 2.05) is 0 Å². The van der Waals surface area contributed by atoms with E-state index in [1.165, 1.54) is 6.07 Å². The second-order valence-corrected chi connectivity index (χ2v) is 7.98. The highest BCUT2D eigenvalue weighted by molar-refractivity contribution is 6.33. The van der Waals surface area contributed by atoms with Gasteiger partial charge in [-0.2, -0.15) is 13.2 Å². The van der Waals surface area contributed by atoms with Crippen LogP contribution < -0.4 is 5.32 Å². The minimum atomic E-state index is -4.64. The van der Waals surface area contributed by atoms with Crippen LogP contribution in [0.3, 0.4) is 0 Å². The summed E-state index contributed by atoms with van der Waals surface area (Å²) in [5.74, 6) is -0.758. The molecule has 1 aliphatic rings. The van der Waals surface area contributed by atoms with E-state index in [0.717, 1.165) is 12.1 Å². The predicted molar refractivity (Wildman–Crippen MR) is 113 cm³/mol. The van der Waals surface area contributed by atoms with Crippen molar-refractivity contribution in [3.63, 3.8) is 0 Å². The standard InChI is InChI=1S/C21H20Cl2F3N3O2/c22-14-6-7-18(16(12-14)21(24,25)26)27-19(30)13-28-8-3-9-29(11-10-28)20(31)15-4-1-2-5-17(15)23/h1-2,4-7,12H,3,8-11,13H2,(H,27,30). The molecule has 0 spiro atoms. The number of halogens is 5. The third kappa shape index (κ3) is 6.12. The van der Waals surface area contributed by atoms with Gasteiger partial charge in [-0.05, 0) is 36.8 Å². The van der Waals surface area contributed by atoms with Gasteiger partial charge in [0, 0.05) is 31.2 Å². The number of carbonyl (C=O) groups is 2. The largest absolute Gasteiger partial charge is 0.418 e. The van der Waals surface area contributed by atoms with Crippen molar-refractivity contribution in [2.75, 3.05) is 38.0 Å². The maximum Gasteiger partial charge on any atom is 0.418 e. The molecule has 3 rings (SSSR count). The molecular weight excluding hydrogens is 454 g/mol. The fourth-order valence-electron chi connectivity index (χ4n) is 3.39. The van der Waals surface area contributed by atoms with E-state index in [9.17, 15) is 22.8 Å². The van der Waals surface area contributed by atoms with Crippen LogP contribution in [0.2, 0.25) is 10.0 Å². The van der Waals surface area contributed by atoms with Crippen molar-refractivity contribution in [2.24, 2.45) is 0 Å². The monoisotopic (exact) mass is 473 g/mol. The summed E-state index contributed by atoms with van der Waals surface area (Å²) in [7, 11) is 0. The summed E-state index contributed by atoms with van der Waals surface area (Å²) in [5, 5.41) is 2.63. The van der Waals surface area contributed by atoms with Crippen LogP contribution in [0.5, 0.6) is 0 Å². The molecule has 5 nitrogen and oxygen atoms in total. The maximum absolute atomic E-state index is 13.2. The van der Waals surface area contributed by atoms with E-state index in [-0.39, 0.29) is 23.2 Å². The highest BCUT2D eigenvalue weighted by Crippen LogP contribution is 2.36. The van der Waals surface area contributed by atoms with Crippen molar-refractivity contribution in [2.45, 2.75) is 12.6 Å². The fourth-order valence-corrected chi connectivity index (χ4v) is 3.78. The Balaban J connectivity index is 1.60. The van der Waals surface area contributed by atoms with Crippen LogP contribution in [0, 0.1) is 0 Å². The Morgan fingerprint density at radius 1 is 1.00 bits per heavy atom. The second-order valence-electron chi connectivity index (χ2n) is 7.14. The highest BCUT2D eigenvalue weighted by Gasteiger charge is 2.34. The van der Waals surface area contributed by atoms with E-state index in [4.69, 9.17) is 23.2 Å². The van der Waals surface area contributed by atoms with Gasteiger partial charge in [-0.1, -0.05) is 35.3 Å². The minimum Gasteiger partial charge on any atom is -0.337 e. The lowest BCUT2D eigenvalue weighted by Gasteiger charge is -2.22. The molecule has 0 aromatic heterocycles. The van der Waals surface area contributed by atoms with Crippen LogP contribution >= 0.6 is 23.2 Å². The zero-order chi connectivity index (χ0) is 22.6. The molecule has 2 aromatic carbocycles. The number of rotatable bonds is 4. The quantitative estimate of drug-likeness (QED) is 0.693. The minimum absolute atomic E-state index is 0.0684. The molecular formula is C21H20Cl2F3N3O2. The van der Waals surface area contributed by atoms with E-state index in [0.29, 0.717) is 43.2 Å². The van der Waals surface area contributed by atoms with Crippen molar-refractivity contribution in [1.82, 2.24) is 9.80 Å². The van der Waals surface area contributed by atoms with Gasteiger partial charge in [-0.15, -0.1) is 0 Å². The summed E-state index contributed by atoms with van der Waals surface area (Å²) >= 11 is 11.8. The van der Waals surface area contributed by atoms with Crippen LogP contribution in [0.15, 0.2) is 42.5 Å². The first-order valence-electron chi connectivity index (χ1n) is 9.58. The topological polar surface area (TPSA) is 52.7 Å². The van der Waals surface area contributed by atoms with Gasteiger partial charge in [0.15, 0.2) is 0 Å². The Bertz CT molecular complexity index is 969. The molecule has 0 unspecified atom stereocenters. The molecule has 0 atom stereocenters.